The molecule has 1 aliphatic heterocycles. The first-order chi connectivity index (χ1) is 16.5. The third-order valence-corrected chi connectivity index (χ3v) is 7.35. The third kappa shape index (κ3) is 5.22. The van der Waals surface area contributed by atoms with Gasteiger partial charge in [0.15, 0.2) is 5.69 Å². The number of nitrogens with zero attached hydrogens (tertiary/aromatic N) is 5. The second-order valence-corrected chi connectivity index (χ2v) is 9.67. The van der Waals surface area contributed by atoms with Crippen molar-refractivity contribution in [2.75, 3.05) is 20.1 Å². The molecular formula is C23H24F3N5O3S. The van der Waals surface area contributed by atoms with E-state index in [9.17, 15) is 22.8 Å². The summed E-state index contributed by atoms with van der Waals surface area (Å²) < 4.78 is 41.0. The molecule has 0 saturated carbocycles. The number of carboxylic acids is 1. The molecule has 35 heavy (non-hydrogen) atoms. The lowest BCUT2D eigenvalue weighted by molar-refractivity contribution is -0.137. The molecule has 8 nitrogen and oxygen atoms in total. The fourth-order valence-electron chi connectivity index (χ4n) is 4.14. The molecule has 0 unspecified atom stereocenters. The summed E-state index contributed by atoms with van der Waals surface area (Å²) in [5.41, 5.74) is -0.00118. The van der Waals surface area contributed by atoms with Crippen LogP contribution in [0.4, 0.5) is 18.0 Å². The molecule has 0 atom stereocenters. The Morgan fingerprint density at radius 3 is 2.51 bits per heavy atom. The van der Waals surface area contributed by atoms with E-state index in [4.69, 9.17) is 5.11 Å². The minimum absolute atomic E-state index is 0.201. The maximum absolute atomic E-state index is 13.3. The van der Waals surface area contributed by atoms with Crippen LogP contribution in [0.2, 0.25) is 0 Å². The molecule has 0 aliphatic carbocycles. The normalized spacial score (nSPS) is 16.0. The molecule has 186 valence electrons. The quantitative estimate of drug-likeness (QED) is 0.539. The van der Waals surface area contributed by atoms with Gasteiger partial charge in [0.2, 0.25) is 0 Å². The van der Waals surface area contributed by atoms with Gasteiger partial charge in [0.25, 0.3) is 0 Å². The Hall–Kier alpha value is -3.25. The SMILES string of the molecule is CN(Cc1ccc(C(F)(F)F)cc1-c1nccs1)C1(C)CCN(C(=O)n2ccc(C(=O)O)n2)CC1. The molecule has 0 spiro atoms. The Labute approximate surface area is 203 Å². The van der Waals surface area contributed by atoms with Gasteiger partial charge in [-0.25, -0.2) is 14.6 Å². The third-order valence-electron chi connectivity index (χ3n) is 6.54. The average molecular weight is 508 g/mol. The molecule has 0 radical (unpaired) electrons. The Morgan fingerprint density at radius 2 is 1.94 bits per heavy atom. The van der Waals surface area contributed by atoms with E-state index in [-0.39, 0.29) is 11.2 Å². The highest BCUT2D eigenvalue weighted by molar-refractivity contribution is 7.13. The number of halogens is 3. The number of aromatic nitrogens is 3. The minimum atomic E-state index is -4.44. The average Bonchev–Trinajstić information content (AvgIpc) is 3.51. The lowest BCUT2D eigenvalue weighted by Gasteiger charge is -2.45. The minimum Gasteiger partial charge on any atom is -0.476 e. The Bertz CT molecular complexity index is 1220. The second kappa shape index (κ2) is 9.42. The summed E-state index contributed by atoms with van der Waals surface area (Å²) in [7, 11) is 1.92. The molecule has 1 fully saturated rings. The molecule has 1 amide bonds. The van der Waals surface area contributed by atoms with E-state index in [1.54, 1.807) is 16.5 Å². The van der Waals surface area contributed by atoms with Crippen LogP contribution in [0.1, 0.15) is 41.4 Å². The Balaban J connectivity index is 1.47. The van der Waals surface area contributed by atoms with Gasteiger partial charge in [-0.15, -0.1) is 11.3 Å². The topological polar surface area (TPSA) is 91.6 Å². The number of carboxylic acid groups (broad SMARTS) is 1. The summed E-state index contributed by atoms with van der Waals surface area (Å²) in [6.07, 6.45) is -0.274. The molecule has 1 aliphatic rings. The number of carbonyl (C=O) groups excluding carboxylic acids is 1. The van der Waals surface area contributed by atoms with Gasteiger partial charge in [0, 0.05) is 48.5 Å². The fraction of sp³-hybridized carbons (Fsp3) is 0.391. The van der Waals surface area contributed by atoms with Crippen LogP contribution in [-0.4, -0.2) is 67.3 Å². The zero-order valence-electron chi connectivity index (χ0n) is 19.1. The first kappa shape index (κ1) is 24.9. The van der Waals surface area contributed by atoms with Crippen LogP contribution in [0.25, 0.3) is 10.6 Å². The molecule has 1 N–H and O–H groups in total. The Kier molecular flexibility index (Phi) is 6.69. The largest absolute Gasteiger partial charge is 0.476 e. The van der Waals surface area contributed by atoms with Crippen LogP contribution in [0, 0.1) is 0 Å². The zero-order valence-corrected chi connectivity index (χ0v) is 19.9. The molecule has 1 aromatic carbocycles. The van der Waals surface area contributed by atoms with Crippen molar-refractivity contribution < 1.29 is 27.9 Å². The lowest BCUT2D eigenvalue weighted by atomic mass is 9.87. The van der Waals surface area contributed by atoms with Gasteiger partial charge in [0.1, 0.15) is 5.01 Å². The summed E-state index contributed by atoms with van der Waals surface area (Å²) >= 11 is 1.29. The monoisotopic (exact) mass is 507 g/mol. The summed E-state index contributed by atoms with van der Waals surface area (Å²) in [6, 6.07) is 4.64. The molecule has 2 aromatic heterocycles. The predicted octanol–water partition coefficient (Wildman–Crippen LogP) is 4.68. The van der Waals surface area contributed by atoms with Gasteiger partial charge >= 0.3 is 18.2 Å². The first-order valence-corrected chi connectivity index (χ1v) is 11.8. The summed E-state index contributed by atoms with van der Waals surface area (Å²) in [5.74, 6) is -1.20. The van der Waals surface area contributed by atoms with Crippen molar-refractivity contribution in [3.63, 3.8) is 0 Å². The maximum Gasteiger partial charge on any atom is 0.416 e. The van der Waals surface area contributed by atoms with Crippen molar-refractivity contribution in [1.82, 2.24) is 24.6 Å². The molecule has 12 heteroatoms. The highest BCUT2D eigenvalue weighted by Gasteiger charge is 2.37. The molecular weight excluding hydrogens is 483 g/mol. The fourth-order valence-corrected chi connectivity index (χ4v) is 4.83. The van der Waals surface area contributed by atoms with Crippen molar-refractivity contribution in [2.24, 2.45) is 0 Å². The number of hydrogen-bond donors (Lipinski definition) is 1. The van der Waals surface area contributed by atoms with Crippen LogP contribution >= 0.6 is 11.3 Å². The van der Waals surface area contributed by atoms with E-state index in [2.05, 4.69) is 21.9 Å². The number of thiazole rings is 1. The van der Waals surface area contributed by atoms with Crippen LogP contribution in [-0.2, 0) is 12.7 Å². The molecule has 3 heterocycles. The van der Waals surface area contributed by atoms with Crippen molar-refractivity contribution in [2.45, 2.75) is 38.0 Å². The van der Waals surface area contributed by atoms with Gasteiger partial charge < -0.3 is 10.0 Å². The number of benzene rings is 1. The summed E-state index contributed by atoms with van der Waals surface area (Å²) in [5, 5.41) is 15.1. The van der Waals surface area contributed by atoms with Gasteiger partial charge in [0.05, 0.1) is 5.56 Å². The van der Waals surface area contributed by atoms with E-state index in [1.807, 2.05) is 7.05 Å². The van der Waals surface area contributed by atoms with E-state index < -0.39 is 23.7 Å². The van der Waals surface area contributed by atoms with Crippen molar-refractivity contribution in [3.05, 3.63) is 58.9 Å². The number of amides is 1. The molecule has 0 bridgehead atoms. The van der Waals surface area contributed by atoms with Crippen LogP contribution in [0.3, 0.4) is 0 Å². The van der Waals surface area contributed by atoms with Gasteiger partial charge in [-0.1, -0.05) is 6.07 Å². The number of carbonyl (C=O) groups is 2. The zero-order chi connectivity index (χ0) is 25.4. The van der Waals surface area contributed by atoms with E-state index in [0.29, 0.717) is 43.0 Å². The van der Waals surface area contributed by atoms with E-state index in [0.717, 1.165) is 22.4 Å². The van der Waals surface area contributed by atoms with Crippen molar-refractivity contribution in [1.29, 1.82) is 0 Å². The van der Waals surface area contributed by atoms with Crippen LogP contribution < -0.4 is 0 Å². The first-order valence-electron chi connectivity index (χ1n) is 10.9. The van der Waals surface area contributed by atoms with Crippen LogP contribution in [0.5, 0.6) is 0 Å². The van der Waals surface area contributed by atoms with Gasteiger partial charge in [-0.2, -0.15) is 23.0 Å². The number of alkyl halides is 3. The molecule has 1 saturated heterocycles. The summed E-state index contributed by atoms with van der Waals surface area (Å²) in [6.45, 7) is 3.36. The maximum atomic E-state index is 13.3. The molecule has 3 aromatic rings. The number of rotatable bonds is 5. The highest BCUT2D eigenvalue weighted by Crippen LogP contribution is 2.36. The van der Waals surface area contributed by atoms with Crippen molar-refractivity contribution >= 4 is 23.3 Å². The number of hydrogen-bond acceptors (Lipinski definition) is 6. The Morgan fingerprint density at radius 1 is 1.23 bits per heavy atom. The number of aromatic carboxylic acids is 1. The van der Waals surface area contributed by atoms with Gasteiger partial charge in [-0.05, 0) is 50.6 Å². The van der Waals surface area contributed by atoms with E-state index in [1.165, 1.54) is 29.7 Å². The standard InChI is InChI=1S/C23H24F3N5O3S/c1-22(6-10-30(11-7-22)21(34)31-9-5-18(28-31)20(32)33)29(2)14-15-3-4-16(23(24,25)26)13-17(15)19-27-8-12-35-19/h3-5,8-9,12-13H,6-7,10-11,14H2,1-2H3,(H,32,33). The second-order valence-electron chi connectivity index (χ2n) is 8.78. The van der Waals surface area contributed by atoms with Crippen molar-refractivity contribution in [3.8, 4) is 10.6 Å². The lowest BCUT2D eigenvalue weighted by Crippen LogP contribution is -2.53. The van der Waals surface area contributed by atoms with E-state index >= 15 is 0 Å². The molecule has 4 rings (SSSR count). The number of likely N-dealkylation sites (tertiary alicyclic amines) is 1. The van der Waals surface area contributed by atoms with Gasteiger partial charge in [-0.3, -0.25) is 4.90 Å². The van der Waals surface area contributed by atoms with Crippen LogP contribution in [0.15, 0.2) is 42.0 Å². The number of piperidine rings is 1. The predicted molar refractivity (Wildman–Crippen MR) is 123 cm³/mol. The smallest absolute Gasteiger partial charge is 0.416 e. The highest BCUT2D eigenvalue weighted by atomic mass is 32.1. The summed E-state index contributed by atoms with van der Waals surface area (Å²) in [4.78, 5) is 31.7.